The molecule has 1 aromatic heterocycles. The van der Waals surface area contributed by atoms with Crippen molar-refractivity contribution in [2.45, 2.75) is 13.8 Å². The summed E-state index contributed by atoms with van der Waals surface area (Å²) in [4.78, 5) is 11.3. The minimum Gasteiger partial charge on any atom is -0.482 e. The molecule has 6 heteroatoms. The average Bonchev–Trinajstić information content (AvgIpc) is 2.68. The van der Waals surface area contributed by atoms with Gasteiger partial charge in [-0.2, -0.15) is 5.10 Å². The smallest absolute Gasteiger partial charge is 0.262 e. The van der Waals surface area contributed by atoms with Crippen LogP contribution in [0.4, 0.5) is 11.4 Å². The van der Waals surface area contributed by atoms with Crippen molar-refractivity contribution in [3.63, 3.8) is 0 Å². The molecule has 1 aromatic carbocycles. The van der Waals surface area contributed by atoms with Gasteiger partial charge in [-0.1, -0.05) is 0 Å². The molecule has 0 fully saturated rings. The largest absolute Gasteiger partial charge is 0.482 e. The molecule has 6 nitrogen and oxygen atoms in total. The number of carbonyl (C=O) groups excluding carboxylic acids is 1. The van der Waals surface area contributed by atoms with Crippen LogP contribution in [0.15, 0.2) is 18.2 Å². The van der Waals surface area contributed by atoms with Crippen molar-refractivity contribution < 1.29 is 9.53 Å². The number of benzene rings is 1. The fourth-order valence-corrected chi connectivity index (χ4v) is 2.19. The second-order valence-corrected chi connectivity index (χ2v) is 4.58. The molecule has 1 aliphatic rings. The van der Waals surface area contributed by atoms with Gasteiger partial charge in [0.15, 0.2) is 6.61 Å². The van der Waals surface area contributed by atoms with Gasteiger partial charge in [0.1, 0.15) is 5.75 Å². The molecule has 1 aliphatic heterocycles. The Hall–Kier alpha value is -2.50. The first-order chi connectivity index (χ1) is 9.04. The summed E-state index contributed by atoms with van der Waals surface area (Å²) in [6, 6.07) is 5.45. The third kappa shape index (κ3) is 1.91. The summed E-state index contributed by atoms with van der Waals surface area (Å²) in [5, 5.41) is 7.16. The van der Waals surface area contributed by atoms with E-state index in [0.29, 0.717) is 17.1 Å². The van der Waals surface area contributed by atoms with Crippen molar-refractivity contribution >= 4 is 17.3 Å². The molecular formula is C13H14N4O2. The lowest BCUT2D eigenvalue weighted by Crippen LogP contribution is -2.25. The van der Waals surface area contributed by atoms with Crippen LogP contribution in [0, 0.1) is 13.8 Å². The molecule has 2 heterocycles. The fraction of sp³-hybridized carbons (Fsp3) is 0.231. The number of nitrogens with two attached hydrogens (primary N) is 1. The lowest BCUT2D eigenvalue weighted by molar-refractivity contribution is -0.118. The molecule has 0 bridgehead atoms. The first-order valence-corrected chi connectivity index (χ1v) is 5.94. The van der Waals surface area contributed by atoms with E-state index >= 15 is 0 Å². The normalized spacial score (nSPS) is 13.7. The molecule has 0 atom stereocenters. The Morgan fingerprint density at radius 3 is 2.84 bits per heavy atom. The number of amides is 1. The van der Waals surface area contributed by atoms with Crippen LogP contribution in [0.2, 0.25) is 0 Å². The third-order valence-corrected chi connectivity index (χ3v) is 3.00. The van der Waals surface area contributed by atoms with E-state index in [9.17, 15) is 4.79 Å². The molecule has 0 spiro atoms. The predicted octanol–water partition coefficient (Wildman–Crippen LogP) is 1.40. The molecule has 2 aromatic rings. The van der Waals surface area contributed by atoms with Gasteiger partial charge in [-0.15, -0.1) is 0 Å². The molecule has 19 heavy (non-hydrogen) atoms. The molecule has 1 amide bonds. The summed E-state index contributed by atoms with van der Waals surface area (Å²) in [5.41, 5.74) is 9.83. The van der Waals surface area contributed by atoms with E-state index in [1.807, 2.05) is 19.9 Å². The topological polar surface area (TPSA) is 82.2 Å². The van der Waals surface area contributed by atoms with E-state index in [0.717, 1.165) is 17.1 Å². The number of aryl methyl sites for hydroxylation is 2. The minimum absolute atomic E-state index is 0.0195. The van der Waals surface area contributed by atoms with Gasteiger partial charge in [0, 0.05) is 11.8 Å². The van der Waals surface area contributed by atoms with Gasteiger partial charge in [0.05, 0.1) is 22.8 Å². The van der Waals surface area contributed by atoms with Crippen molar-refractivity contribution in [2.24, 2.45) is 0 Å². The number of anilines is 2. The van der Waals surface area contributed by atoms with Crippen LogP contribution in [0.1, 0.15) is 11.4 Å². The maximum Gasteiger partial charge on any atom is 0.262 e. The van der Waals surface area contributed by atoms with E-state index in [1.165, 1.54) is 0 Å². The van der Waals surface area contributed by atoms with Crippen molar-refractivity contribution in [3.8, 4) is 11.4 Å². The van der Waals surface area contributed by atoms with E-state index < -0.39 is 0 Å². The molecule has 3 N–H and O–H groups in total. The Labute approximate surface area is 110 Å². The van der Waals surface area contributed by atoms with Gasteiger partial charge in [0.25, 0.3) is 5.91 Å². The van der Waals surface area contributed by atoms with Gasteiger partial charge in [-0.3, -0.25) is 4.79 Å². The number of hydrogen-bond donors (Lipinski definition) is 2. The van der Waals surface area contributed by atoms with Crippen molar-refractivity contribution in [1.29, 1.82) is 0 Å². The number of nitrogen functional groups attached to an aromatic ring is 1. The van der Waals surface area contributed by atoms with Crippen LogP contribution in [0.25, 0.3) is 5.69 Å². The molecular weight excluding hydrogens is 244 g/mol. The maximum atomic E-state index is 11.3. The number of rotatable bonds is 1. The van der Waals surface area contributed by atoms with Gasteiger partial charge >= 0.3 is 0 Å². The Morgan fingerprint density at radius 1 is 1.37 bits per heavy atom. The molecule has 0 saturated carbocycles. The van der Waals surface area contributed by atoms with E-state index in [1.54, 1.807) is 16.8 Å². The molecule has 0 aliphatic carbocycles. The summed E-state index contributed by atoms with van der Waals surface area (Å²) in [5.74, 6) is 0.416. The molecule has 3 rings (SSSR count). The van der Waals surface area contributed by atoms with Gasteiger partial charge in [-0.25, -0.2) is 4.68 Å². The maximum absolute atomic E-state index is 11.3. The van der Waals surface area contributed by atoms with Gasteiger partial charge in [0.2, 0.25) is 0 Å². The molecule has 98 valence electrons. The van der Waals surface area contributed by atoms with Crippen LogP contribution in [-0.2, 0) is 4.79 Å². The zero-order valence-corrected chi connectivity index (χ0v) is 10.7. The monoisotopic (exact) mass is 258 g/mol. The second-order valence-electron chi connectivity index (χ2n) is 4.58. The number of nitrogens with one attached hydrogen (secondary N) is 1. The highest BCUT2D eigenvalue weighted by molar-refractivity contribution is 5.96. The van der Waals surface area contributed by atoms with Crippen molar-refractivity contribution in [2.75, 3.05) is 17.7 Å². The van der Waals surface area contributed by atoms with Crippen LogP contribution >= 0.6 is 0 Å². The second kappa shape index (κ2) is 4.01. The summed E-state index contributed by atoms with van der Waals surface area (Å²) in [7, 11) is 0. The Balaban J connectivity index is 2.14. The summed E-state index contributed by atoms with van der Waals surface area (Å²) in [6.07, 6.45) is 0. The number of nitrogens with zero attached hydrogens (tertiary/aromatic N) is 2. The Bertz CT molecular complexity index is 676. The highest BCUT2D eigenvalue weighted by atomic mass is 16.5. The number of hydrogen-bond acceptors (Lipinski definition) is 4. The highest BCUT2D eigenvalue weighted by Gasteiger charge is 2.19. The Morgan fingerprint density at radius 2 is 2.16 bits per heavy atom. The van der Waals surface area contributed by atoms with E-state index in [-0.39, 0.29) is 12.5 Å². The molecule has 0 saturated heterocycles. The van der Waals surface area contributed by atoms with Crippen molar-refractivity contribution in [3.05, 3.63) is 29.6 Å². The SMILES string of the molecule is Cc1cc(C)n(-c2cc3c(cc2N)OCC(=O)N3)n1. The quantitative estimate of drug-likeness (QED) is 0.757. The van der Waals surface area contributed by atoms with Gasteiger partial charge < -0.3 is 15.8 Å². The first-order valence-electron chi connectivity index (χ1n) is 5.94. The standard InChI is InChI=1S/C13H14N4O2/c1-7-3-8(2)17(16-7)11-5-10-12(4-9(11)14)19-6-13(18)15-10/h3-5H,6,14H2,1-2H3,(H,15,18). The fourth-order valence-electron chi connectivity index (χ4n) is 2.19. The molecule has 0 radical (unpaired) electrons. The lowest BCUT2D eigenvalue weighted by Gasteiger charge is -2.20. The number of fused-ring (bicyclic) bond motifs is 1. The highest BCUT2D eigenvalue weighted by Crippen LogP contribution is 2.34. The first kappa shape index (κ1) is 11.6. The van der Waals surface area contributed by atoms with Crippen LogP contribution in [-0.4, -0.2) is 22.3 Å². The van der Waals surface area contributed by atoms with Crippen LogP contribution in [0.3, 0.4) is 0 Å². The number of carbonyl (C=O) groups is 1. The average molecular weight is 258 g/mol. The van der Waals surface area contributed by atoms with Crippen LogP contribution in [0.5, 0.6) is 5.75 Å². The predicted molar refractivity (Wildman–Crippen MR) is 71.6 cm³/mol. The summed E-state index contributed by atoms with van der Waals surface area (Å²) >= 11 is 0. The zero-order chi connectivity index (χ0) is 13.6. The number of aromatic nitrogens is 2. The lowest BCUT2D eigenvalue weighted by atomic mass is 10.2. The van der Waals surface area contributed by atoms with E-state index in [2.05, 4.69) is 10.4 Å². The third-order valence-electron chi connectivity index (χ3n) is 3.00. The minimum atomic E-state index is -0.170. The van der Waals surface area contributed by atoms with Crippen molar-refractivity contribution in [1.82, 2.24) is 9.78 Å². The molecule has 0 unspecified atom stereocenters. The number of ether oxygens (including phenoxy) is 1. The Kier molecular flexibility index (Phi) is 2.45. The zero-order valence-electron chi connectivity index (χ0n) is 10.7. The van der Waals surface area contributed by atoms with E-state index in [4.69, 9.17) is 10.5 Å². The summed E-state index contributed by atoms with van der Waals surface area (Å²) in [6.45, 7) is 3.89. The van der Waals surface area contributed by atoms with Crippen LogP contribution < -0.4 is 15.8 Å². The summed E-state index contributed by atoms with van der Waals surface area (Å²) < 4.78 is 7.08. The van der Waals surface area contributed by atoms with Gasteiger partial charge in [-0.05, 0) is 26.0 Å².